The minimum absolute atomic E-state index is 0.0185. The van der Waals surface area contributed by atoms with E-state index < -0.39 is 16.9 Å². The molecule has 0 radical (unpaired) electrons. The second kappa shape index (κ2) is 4.72. The number of aliphatic hydroxyl groups is 1. The highest BCUT2D eigenvalue weighted by molar-refractivity contribution is 6.03. The van der Waals surface area contributed by atoms with Crippen LogP contribution in [0.15, 0.2) is 12.2 Å². The van der Waals surface area contributed by atoms with Crippen molar-refractivity contribution < 1.29 is 19.4 Å². The van der Waals surface area contributed by atoms with Crippen LogP contribution >= 0.6 is 0 Å². The van der Waals surface area contributed by atoms with Gasteiger partial charge in [0.05, 0.1) is 23.5 Å². The number of ketones is 1. The van der Waals surface area contributed by atoms with Crippen LogP contribution in [-0.4, -0.2) is 29.6 Å². The van der Waals surface area contributed by atoms with E-state index in [1.54, 1.807) is 0 Å². The van der Waals surface area contributed by atoms with E-state index in [-0.39, 0.29) is 34.9 Å². The molecule has 1 N–H and O–H groups in total. The van der Waals surface area contributed by atoms with Gasteiger partial charge in [0.25, 0.3) is 0 Å². The second-order valence-corrected chi connectivity index (χ2v) is 9.18. The molecular weight excluding hydrogens is 304 g/mol. The van der Waals surface area contributed by atoms with E-state index in [0.29, 0.717) is 31.4 Å². The van der Waals surface area contributed by atoms with Gasteiger partial charge in [0.15, 0.2) is 5.78 Å². The third kappa shape index (κ3) is 1.59. The summed E-state index contributed by atoms with van der Waals surface area (Å²) in [6, 6.07) is 0. The molecule has 1 saturated heterocycles. The Kier molecular flexibility index (Phi) is 3.21. The molecule has 5 rings (SSSR count). The predicted octanol–water partition coefficient (Wildman–Crippen LogP) is 2.89. The Bertz CT molecular complexity index is 636. The highest BCUT2D eigenvalue weighted by Crippen LogP contribution is 2.70. The number of hydrogen-bond acceptors (Lipinski definition) is 4. The van der Waals surface area contributed by atoms with Crippen molar-refractivity contribution in [1.82, 2.24) is 0 Å². The Balaban J connectivity index is 1.92. The lowest BCUT2D eigenvalue weighted by molar-refractivity contribution is -0.241. The van der Waals surface area contributed by atoms with Gasteiger partial charge in [-0.1, -0.05) is 27.4 Å². The van der Waals surface area contributed by atoms with Gasteiger partial charge in [-0.25, -0.2) is 0 Å². The topological polar surface area (TPSA) is 63.6 Å². The van der Waals surface area contributed by atoms with E-state index >= 15 is 0 Å². The molecule has 132 valence electrons. The molecule has 1 aliphatic heterocycles. The molecule has 0 aromatic rings. The number of fused-ring (bicyclic) bond motifs is 3. The Morgan fingerprint density at radius 1 is 1.25 bits per heavy atom. The summed E-state index contributed by atoms with van der Waals surface area (Å²) in [5.74, 6) is -0.0204. The Hall–Kier alpha value is -1.16. The summed E-state index contributed by atoms with van der Waals surface area (Å²) >= 11 is 0. The van der Waals surface area contributed by atoms with Crippen LogP contribution < -0.4 is 0 Å². The fourth-order valence-corrected chi connectivity index (χ4v) is 6.80. The standard InChI is InChI=1S/C20H28O4/c1-5-19-13(18(3,4)10-24-17(19)23)9-15(21)20-7-6-12(8-14(19)20)11(2)16(20)22/h12-15,21H,2,5-10H2,1,3-4H3/t12-,13?,14?,15+,19-,20+/m0/s1. The molecule has 2 bridgehead atoms. The molecule has 4 heteroatoms. The number of Topliss-reactive ketones (excluding diaryl/α,β-unsaturated/α-hetero) is 1. The van der Waals surface area contributed by atoms with Crippen molar-refractivity contribution in [2.75, 3.05) is 6.61 Å². The summed E-state index contributed by atoms with van der Waals surface area (Å²) in [6.45, 7) is 10.7. The maximum absolute atomic E-state index is 13.1. The van der Waals surface area contributed by atoms with Gasteiger partial charge in [-0.3, -0.25) is 9.59 Å². The molecule has 1 heterocycles. The molecule has 6 atom stereocenters. The summed E-state index contributed by atoms with van der Waals surface area (Å²) < 4.78 is 5.65. The first-order chi connectivity index (χ1) is 11.2. The normalized spacial score (nSPS) is 49.4. The first-order valence-corrected chi connectivity index (χ1v) is 9.30. The zero-order chi connectivity index (χ0) is 17.5. The molecule has 0 aromatic heterocycles. The van der Waals surface area contributed by atoms with Gasteiger partial charge in [0.1, 0.15) is 0 Å². The van der Waals surface area contributed by atoms with Gasteiger partial charge in [0.2, 0.25) is 0 Å². The molecule has 4 nitrogen and oxygen atoms in total. The quantitative estimate of drug-likeness (QED) is 0.592. The number of aliphatic hydroxyl groups excluding tert-OH is 1. The molecular formula is C20H28O4. The van der Waals surface area contributed by atoms with E-state index in [0.717, 1.165) is 12.8 Å². The highest BCUT2D eigenvalue weighted by Gasteiger charge is 2.73. The number of rotatable bonds is 1. The second-order valence-electron chi connectivity index (χ2n) is 9.18. The highest BCUT2D eigenvalue weighted by atomic mass is 16.5. The van der Waals surface area contributed by atoms with Crippen LogP contribution in [0.5, 0.6) is 0 Å². The van der Waals surface area contributed by atoms with Crippen molar-refractivity contribution >= 4 is 11.8 Å². The van der Waals surface area contributed by atoms with Gasteiger partial charge in [-0.05, 0) is 55.4 Å². The molecule has 2 unspecified atom stereocenters. The lowest BCUT2D eigenvalue weighted by Crippen LogP contribution is -2.71. The fourth-order valence-electron chi connectivity index (χ4n) is 6.80. The Morgan fingerprint density at radius 2 is 1.96 bits per heavy atom. The average molecular weight is 332 g/mol. The maximum atomic E-state index is 13.1. The summed E-state index contributed by atoms with van der Waals surface area (Å²) in [5, 5.41) is 11.1. The third-order valence-corrected chi connectivity index (χ3v) is 8.04. The fraction of sp³-hybridized carbons (Fsp3) is 0.800. The summed E-state index contributed by atoms with van der Waals surface area (Å²) in [6.07, 6.45) is 2.88. The van der Waals surface area contributed by atoms with Crippen LogP contribution in [0.4, 0.5) is 0 Å². The maximum Gasteiger partial charge on any atom is 0.312 e. The largest absolute Gasteiger partial charge is 0.465 e. The Labute approximate surface area is 143 Å². The zero-order valence-corrected chi connectivity index (χ0v) is 14.9. The lowest BCUT2D eigenvalue weighted by Gasteiger charge is -2.67. The first-order valence-electron chi connectivity index (χ1n) is 9.30. The number of ether oxygens (including phenoxy) is 1. The van der Waals surface area contributed by atoms with Gasteiger partial charge in [0, 0.05) is 5.41 Å². The van der Waals surface area contributed by atoms with Crippen LogP contribution in [0, 0.1) is 34.0 Å². The molecule has 4 aliphatic carbocycles. The minimum atomic E-state index is -0.815. The van der Waals surface area contributed by atoms with Crippen molar-refractivity contribution in [3.8, 4) is 0 Å². The summed E-state index contributed by atoms with van der Waals surface area (Å²) in [7, 11) is 0. The molecule has 1 spiro atoms. The van der Waals surface area contributed by atoms with Gasteiger partial charge < -0.3 is 9.84 Å². The molecule has 0 amide bonds. The van der Waals surface area contributed by atoms with Crippen LogP contribution in [0.25, 0.3) is 0 Å². The predicted molar refractivity (Wildman–Crippen MR) is 89.0 cm³/mol. The van der Waals surface area contributed by atoms with Gasteiger partial charge >= 0.3 is 5.97 Å². The van der Waals surface area contributed by atoms with E-state index in [1.807, 2.05) is 6.92 Å². The van der Waals surface area contributed by atoms with E-state index in [1.165, 1.54) is 0 Å². The van der Waals surface area contributed by atoms with Crippen molar-refractivity contribution in [2.45, 2.75) is 59.0 Å². The van der Waals surface area contributed by atoms with Gasteiger partial charge in [-0.15, -0.1) is 0 Å². The van der Waals surface area contributed by atoms with E-state index in [9.17, 15) is 14.7 Å². The van der Waals surface area contributed by atoms with E-state index in [4.69, 9.17) is 4.74 Å². The van der Waals surface area contributed by atoms with Crippen LogP contribution in [0.1, 0.15) is 52.9 Å². The number of cyclic esters (lactones) is 1. The van der Waals surface area contributed by atoms with Crippen molar-refractivity contribution in [3.05, 3.63) is 12.2 Å². The van der Waals surface area contributed by atoms with Crippen molar-refractivity contribution in [2.24, 2.45) is 34.0 Å². The SMILES string of the molecule is C=C1C(=O)[C@]23CC[C@H]1CC2[C@@]1(CC)C(=O)OCC(C)(C)C1C[C@H]3O. The summed E-state index contributed by atoms with van der Waals surface area (Å²) in [5.41, 5.74) is -0.964. The third-order valence-electron chi connectivity index (χ3n) is 8.04. The first kappa shape index (κ1) is 16.3. The number of allylic oxidation sites excluding steroid dienone is 1. The minimum Gasteiger partial charge on any atom is -0.465 e. The molecule has 5 fully saturated rings. The number of hydrogen-bond donors (Lipinski definition) is 1. The van der Waals surface area contributed by atoms with E-state index in [2.05, 4.69) is 20.4 Å². The molecule has 0 aromatic carbocycles. The molecule has 5 aliphatic rings. The van der Waals surface area contributed by atoms with Crippen LogP contribution in [0.2, 0.25) is 0 Å². The monoisotopic (exact) mass is 332 g/mol. The average Bonchev–Trinajstić information content (AvgIpc) is 2.56. The van der Waals surface area contributed by atoms with Crippen LogP contribution in [-0.2, 0) is 14.3 Å². The molecule has 24 heavy (non-hydrogen) atoms. The summed E-state index contributed by atoms with van der Waals surface area (Å²) in [4.78, 5) is 26.2. The smallest absolute Gasteiger partial charge is 0.312 e. The van der Waals surface area contributed by atoms with Crippen LogP contribution in [0.3, 0.4) is 0 Å². The number of esters is 1. The number of carbonyl (C=O) groups is 2. The van der Waals surface area contributed by atoms with Crippen molar-refractivity contribution in [1.29, 1.82) is 0 Å². The van der Waals surface area contributed by atoms with Crippen molar-refractivity contribution in [3.63, 3.8) is 0 Å². The zero-order valence-electron chi connectivity index (χ0n) is 14.9. The van der Waals surface area contributed by atoms with Gasteiger partial charge in [-0.2, -0.15) is 0 Å². The molecule has 4 saturated carbocycles. The Morgan fingerprint density at radius 3 is 2.62 bits per heavy atom. The lowest BCUT2D eigenvalue weighted by atomic mass is 9.37. The number of carbonyl (C=O) groups excluding carboxylic acids is 2.